The van der Waals surface area contributed by atoms with E-state index in [9.17, 15) is 4.79 Å². The number of thioether (sulfide) groups is 1. The first-order valence-electron chi connectivity index (χ1n) is 6.81. The molecule has 0 unspecified atom stereocenters. The van der Waals surface area contributed by atoms with Crippen molar-refractivity contribution in [2.45, 2.75) is 23.4 Å². The Hall–Kier alpha value is -1.86. The lowest BCUT2D eigenvalue weighted by molar-refractivity contribution is -0.115. The third-order valence-corrected chi connectivity index (χ3v) is 4.80. The standard InChI is InChI=1S/C15H18N4OS2/c1-4-8-16-14-18-19-15(22-14)21-11(3)13(20)17-12-7-5-6-10(2)9-12/h4-7,9,11H,1,8H2,2-3H3,(H,16,18)(H,17,20)/t11-/m0/s1. The molecule has 0 radical (unpaired) electrons. The van der Waals surface area contributed by atoms with Crippen LogP contribution in [0.3, 0.4) is 0 Å². The normalized spacial score (nSPS) is 11.7. The number of nitrogens with one attached hydrogen (secondary N) is 2. The van der Waals surface area contributed by atoms with Crippen LogP contribution < -0.4 is 10.6 Å². The Bertz CT molecular complexity index is 656. The van der Waals surface area contributed by atoms with Crippen LogP contribution in [-0.4, -0.2) is 27.9 Å². The number of aromatic nitrogens is 2. The summed E-state index contributed by atoms with van der Waals surface area (Å²) in [5.41, 5.74) is 1.92. The van der Waals surface area contributed by atoms with Crippen LogP contribution in [0.25, 0.3) is 0 Å². The van der Waals surface area contributed by atoms with E-state index in [1.54, 1.807) is 6.08 Å². The molecule has 0 spiro atoms. The molecule has 0 aliphatic rings. The minimum Gasteiger partial charge on any atom is -0.357 e. The van der Waals surface area contributed by atoms with Crippen molar-refractivity contribution in [3.8, 4) is 0 Å². The molecule has 0 saturated carbocycles. The molecule has 22 heavy (non-hydrogen) atoms. The van der Waals surface area contributed by atoms with E-state index in [-0.39, 0.29) is 11.2 Å². The van der Waals surface area contributed by atoms with Crippen molar-refractivity contribution < 1.29 is 4.79 Å². The van der Waals surface area contributed by atoms with Gasteiger partial charge in [0.25, 0.3) is 0 Å². The SMILES string of the molecule is C=CCNc1nnc(S[C@@H](C)C(=O)Nc2cccc(C)c2)s1. The zero-order valence-corrected chi connectivity index (χ0v) is 14.1. The molecular formula is C15H18N4OS2. The van der Waals surface area contributed by atoms with Crippen LogP contribution >= 0.6 is 23.1 Å². The largest absolute Gasteiger partial charge is 0.357 e. The first kappa shape index (κ1) is 16.5. The highest BCUT2D eigenvalue weighted by Gasteiger charge is 2.17. The number of anilines is 2. The molecule has 0 bridgehead atoms. The Balaban J connectivity index is 1.90. The Morgan fingerprint density at radius 1 is 1.50 bits per heavy atom. The summed E-state index contributed by atoms with van der Waals surface area (Å²) in [5.74, 6) is -0.0496. The topological polar surface area (TPSA) is 66.9 Å². The average Bonchev–Trinajstić information content (AvgIpc) is 2.92. The number of amides is 1. The Morgan fingerprint density at radius 3 is 3.05 bits per heavy atom. The molecule has 0 saturated heterocycles. The summed E-state index contributed by atoms with van der Waals surface area (Å²) in [7, 11) is 0. The molecule has 0 fully saturated rings. The van der Waals surface area contributed by atoms with Gasteiger partial charge in [0.2, 0.25) is 11.0 Å². The second kappa shape index (κ2) is 7.95. The van der Waals surface area contributed by atoms with Gasteiger partial charge in [0.05, 0.1) is 5.25 Å². The summed E-state index contributed by atoms with van der Waals surface area (Å²) < 4.78 is 0.762. The summed E-state index contributed by atoms with van der Waals surface area (Å²) in [6.07, 6.45) is 1.76. The highest BCUT2D eigenvalue weighted by molar-refractivity contribution is 8.02. The van der Waals surface area contributed by atoms with Crippen molar-refractivity contribution in [1.29, 1.82) is 0 Å². The van der Waals surface area contributed by atoms with Gasteiger partial charge in [0, 0.05) is 12.2 Å². The van der Waals surface area contributed by atoms with Gasteiger partial charge in [-0.2, -0.15) is 0 Å². The second-order valence-corrected chi connectivity index (χ2v) is 7.23. The maximum absolute atomic E-state index is 12.2. The first-order chi connectivity index (χ1) is 10.6. The molecule has 1 amide bonds. The summed E-state index contributed by atoms with van der Waals surface area (Å²) >= 11 is 2.83. The van der Waals surface area contributed by atoms with Gasteiger partial charge in [-0.05, 0) is 31.5 Å². The Morgan fingerprint density at radius 2 is 2.32 bits per heavy atom. The van der Waals surface area contributed by atoms with Gasteiger partial charge >= 0.3 is 0 Å². The van der Waals surface area contributed by atoms with Crippen molar-refractivity contribution in [2.24, 2.45) is 0 Å². The molecule has 5 nitrogen and oxygen atoms in total. The van der Waals surface area contributed by atoms with E-state index in [4.69, 9.17) is 0 Å². The highest BCUT2D eigenvalue weighted by atomic mass is 32.2. The van der Waals surface area contributed by atoms with Gasteiger partial charge < -0.3 is 10.6 Å². The zero-order valence-electron chi connectivity index (χ0n) is 12.5. The summed E-state index contributed by atoms with van der Waals surface area (Å²) in [5, 5.41) is 14.6. The van der Waals surface area contributed by atoms with Crippen molar-refractivity contribution in [1.82, 2.24) is 10.2 Å². The zero-order chi connectivity index (χ0) is 15.9. The fraction of sp³-hybridized carbons (Fsp3) is 0.267. The van der Waals surface area contributed by atoms with E-state index in [0.717, 1.165) is 20.7 Å². The van der Waals surface area contributed by atoms with Gasteiger partial charge in [-0.3, -0.25) is 4.79 Å². The van der Waals surface area contributed by atoms with Crippen LogP contribution in [0, 0.1) is 6.92 Å². The molecule has 1 heterocycles. The van der Waals surface area contributed by atoms with Crippen LogP contribution in [0.15, 0.2) is 41.3 Å². The second-order valence-electron chi connectivity index (χ2n) is 4.66. The highest BCUT2D eigenvalue weighted by Crippen LogP contribution is 2.29. The third kappa shape index (κ3) is 4.85. The molecule has 2 rings (SSSR count). The lowest BCUT2D eigenvalue weighted by Gasteiger charge is -2.10. The third-order valence-electron chi connectivity index (χ3n) is 2.74. The summed E-state index contributed by atoms with van der Waals surface area (Å²) in [6.45, 7) is 8.13. The summed E-state index contributed by atoms with van der Waals surface area (Å²) in [6, 6.07) is 7.74. The van der Waals surface area contributed by atoms with Crippen LogP contribution in [0.5, 0.6) is 0 Å². The number of hydrogen-bond donors (Lipinski definition) is 2. The number of nitrogens with zero attached hydrogens (tertiary/aromatic N) is 2. The van der Waals surface area contributed by atoms with Crippen LogP contribution in [0.1, 0.15) is 12.5 Å². The molecule has 0 aliphatic heterocycles. The van der Waals surface area contributed by atoms with Gasteiger partial charge in [-0.1, -0.05) is 41.3 Å². The van der Waals surface area contributed by atoms with E-state index in [0.29, 0.717) is 6.54 Å². The monoisotopic (exact) mass is 334 g/mol. The van der Waals surface area contributed by atoms with E-state index >= 15 is 0 Å². The molecule has 116 valence electrons. The minimum absolute atomic E-state index is 0.0496. The molecule has 1 atom stereocenters. The van der Waals surface area contributed by atoms with Gasteiger partial charge in [0.1, 0.15) is 0 Å². The molecule has 1 aromatic carbocycles. The molecule has 0 aliphatic carbocycles. The molecule has 2 aromatic rings. The minimum atomic E-state index is -0.249. The summed E-state index contributed by atoms with van der Waals surface area (Å²) in [4.78, 5) is 12.2. The predicted molar refractivity (Wildman–Crippen MR) is 93.7 cm³/mol. The number of rotatable bonds is 7. The predicted octanol–water partition coefficient (Wildman–Crippen LogP) is 3.56. The molecule has 2 N–H and O–H groups in total. The van der Waals surface area contributed by atoms with Crippen molar-refractivity contribution in [3.05, 3.63) is 42.5 Å². The quantitative estimate of drug-likeness (QED) is 0.598. The van der Waals surface area contributed by atoms with Crippen molar-refractivity contribution in [2.75, 3.05) is 17.2 Å². The van der Waals surface area contributed by atoms with E-state index < -0.39 is 0 Å². The lowest BCUT2D eigenvalue weighted by atomic mass is 10.2. The number of hydrogen-bond acceptors (Lipinski definition) is 6. The maximum atomic E-state index is 12.2. The fourth-order valence-electron chi connectivity index (χ4n) is 1.66. The number of carbonyl (C=O) groups is 1. The van der Waals surface area contributed by atoms with Crippen LogP contribution in [-0.2, 0) is 4.79 Å². The van der Waals surface area contributed by atoms with Crippen molar-refractivity contribution in [3.63, 3.8) is 0 Å². The first-order valence-corrected chi connectivity index (χ1v) is 8.50. The maximum Gasteiger partial charge on any atom is 0.237 e. The number of carbonyl (C=O) groups excluding carboxylic acids is 1. The van der Waals surface area contributed by atoms with Gasteiger partial charge in [0.15, 0.2) is 4.34 Å². The average molecular weight is 334 g/mol. The van der Waals surface area contributed by atoms with E-state index in [2.05, 4.69) is 27.4 Å². The van der Waals surface area contributed by atoms with Gasteiger partial charge in [-0.15, -0.1) is 16.8 Å². The number of benzene rings is 1. The molecule has 1 aromatic heterocycles. The Labute approximate surface area is 138 Å². The lowest BCUT2D eigenvalue weighted by Crippen LogP contribution is -2.22. The van der Waals surface area contributed by atoms with Crippen LogP contribution in [0.2, 0.25) is 0 Å². The Kier molecular flexibility index (Phi) is 5.97. The van der Waals surface area contributed by atoms with E-state index in [1.807, 2.05) is 38.1 Å². The van der Waals surface area contributed by atoms with Crippen LogP contribution in [0.4, 0.5) is 10.8 Å². The molecular weight excluding hydrogens is 316 g/mol. The fourth-order valence-corrected chi connectivity index (χ4v) is 3.56. The number of aryl methyl sites for hydroxylation is 1. The van der Waals surface area contributed by atoms with Gasteiger partial charge in [-0.25, -0.2) is 0 Å². The van der Waals surface area contributed by atoms with E-state index in [1.165, 1.54) is 23.1 Å². The molecule has 7 heteroatoms. The van der Waals surface area contributed by atoms with Crippen molar-refractivity contribution >= 4 is 39.8 Å². The smallest absolute Gasteiger partial charge is 0.237 e.